The average molecular weight is 272 g/mol. The summed E-state index contributed by atoms with van der Waals surface area (Å²) in [5.74, 6) is 1.54. The van der Waals surface area contributed by atoms with Gasteiger partial charge in [0.1, 0.15) is 18.1 Å². The topological polar surface area (TPSA) is 47.7 Å². The van der Waals surface area contributed by atoms with Crippen molar-refractivity contribution >= 4 is 11.4 Å². The molecule has 0 saturated carbocycles. The van der Waals surface area contributed by atoms with Crippen LogP contribution in [0.15, 0.2) is 42.5 Å². The van der Waals surface area contributed by atoms with Crippen LogP contribution in [-0.4, -0.2) is 21.2 Å². The van der Waals surface area contributed by atoms with Crippen molar-refractivity contribution in [3.8, 4) is 11.5 Å². The molecule has 106 valence electrons. The molecule has 0 bridgehead atoms. The van der Waals surface area contributed by atoms with Crippen molar-refractivity contribution in [1.29, 1.82) is 0 Å². The maximum absolute atomic E-state index is 5.94. The normalized spacial score (nSPS) is 10.2. The van der Waals surface area contributed by atoms with Gasteiger partial charge in [-0.15, -0.1) is 0 Å². The molecule has 0 saturated heterocycles. The lowest BCUT2D eigenvalue weighted by Gasteiger charge is -2.16. The number of nitrogens with two attached hydrogens (primary N) is 1. The van der Waals surface area contributed by atoms with E-state index in [1.807, 2.05) is 61.5 Å². The van der Waals surface area contributed by atoms with Gasteiger partial charge in [0, 0.05) is 25.8 Å². The molecule has 0 atom stereocenters. The maximum atomic E-state index is 5.94. The van der Waals surface area contributed by atoms with Gasteiger partial charge in [-0.2, -0.15) is 0 Å². The summed E-state index contributed by atoms with van der Waals surface area (Å²) in [6.45, 7) is 0.477. The molecule has 0 radical (unpaired) electrons. The minimum absolute atomic E-state index is 0.477. The predicted molar refractivity (Wildman–Crippen MR) is 82.5 cm³/mol. The molecular weight excluding hydrogens is 252 g/mol. The fraction of sp³-hybridized carbons (Fsp3) is 0.250. The zero-order valence-electron chi connectivity index (χ0n) is 12.1. The molecule has 2 aromatic carbocycles. The first-order valence-corrected chi connectivity index (χ1v) is 6.42. The van der Waals surface area contributed by atoms with E-state index >= 15 is 0 Å². The molecule has 0 amide bonds. The van der Waals surface area contributed by atoms with Crippen molar-refractivity contribution in [2.45, 2.75) is 6.61 Å². The van der Waals surface area contributed by atoms with Gasteiger partial charge in [0.05, 0.1) is 12.8 Å². The van der Waals surface area contributed by atoms with Crippen molar-refractivity contribution in [2.75, 3.05) is 31.8 Å². The van der Waals surface area contributed by atoms with Crippen LogP contribution >= 0.6 is 0 Å². The second-order valence-electron chi connectivity index (χ2n) is 4.75. The molecule has 2 N–H and O–H groups in total. The van der Waals surface area contributed by atoms with Gasteiger partial charge in [0.15, 0.2) is 0 Å². The molecule has 4 nitrogen and oxygen atoms in total. The van der Waals surface area contributed by atoms with E-state index in [2.05, 4.69) is 0 Å². The molecule has 0 aliphatic carbocycles. The molecule has 4 heteroatoms. The highest BCUT2D eigenvalue weighted by molar-refractivity contribution is 5.61. The van der Waals surface area contributed by atoms with Crippen LogP contribution < -0.4 is 20.1 Å². The van der Waals surface area contributed by atoms with Crippen LogP contribution in [0, 0.1) is 0 Å². The average Bonchev–Trinajstić information content (AvgIpc) is 2.46. The van der Waals surface area contributed by atoms with E-state index in [0.29, 0.717) is 18.0 Å². The quantitative estimate of drug-likeness (QED) is 0.850. The van der Waals surface area contributed by atoms with E-state index < -0.39 is 0 Å². The van der Waals surface area contributed by atoms with Crippen LogP contribution in [0.3, 0.4) is 0 Å². The van der Waals surface area contributed by atoms with Crippen LogP contribution in [0.25, 0.3) is 0 Å². The Labute approximate surface area is 119 Å². The number of nitrogen functional groups attached to an aromatic ring is 1. The Bertz CT molecular complexity index is 565. The lowest BCUT2D eigenvalue weighted by molar-refractivity contribution is 0.308. The maximum Gasteiger partial charge on any atom is 0.144 e. The lowest BCUT2D eigenvalue weighted by Crippen LogP contribution is -2.09. The van der Waals surface area contributed by atoms with Crippen LogP contribution in [-0.2, 0) is 6.61 Å². The summed E-state index contributed by atoms with van der Waals surface area (Å²) in [6, 6.07) is 13.6. The summed E-state index contributed by atoms with van der Waals surface area (Å²) >= 11 is 0. The van der Waals surface area contributed by atoms with E-state index in [4.69, 9.17) is 15.2 Å². The van der Waals surface area contributed by atoms with E-state index in [9.17, 15) is 0 Å². The Kier molecular flexibility index (Phi) is 4.35. The summed E-state index contributed by atoms with van der Waals surface area (Å²) in [5, 5.41) is 0. The zero-order chi connectivity index (χ0) is 14.5. The molecule has 0 spiro atoms. The zero-order valence-corrected chi connectivity index (χ0v) is 12.1. The highest BCUT2D eigenvalue weighted by Gasteiger charge is 2.04. The Hall–Kier alpha value is -2.36. The Balaban J connectivity index is 2.07. The molecule has 0 heterocycles. The number of methoxy groups -OCH3 is 1. The summed E-state index contributed by atoms with van der Waals surface area (Å²) in [6.07, 6.45) is 0. The van der Waals surface area contributed by atoms with Crippen LogP contribution in [0.1, 0.15) is 5.56 Å². The van der Waals surface area contributed by atoms with Gasteiger partial charge in [-0.05, 0) is 29.8 Å². The van der Waals surface area contributed by atoms with Gasteiger partial charge in [-0.25, -0.2) is 0 Å². The predicted octanol–water partition coefficient (Wildman–Crippen LogP) is 2.92. The molecular formula is C16H20N2O2. The molecule has 0 fully saturated rings. The number of hydrogen-bond donors (Lipinski definition) is 1. The summed E-state index contributed by atoms with van der Waals surface area (Å²) in [4.78, 5) is 2.01. The highest BCUT2D eigenvalue weighted by Crippen LogP contribution is 2.27. The van der Waals surface area contributed by atoms with E-state index in [1.165, 1.54) is 0 Å². The number of hydrogen-bond acceptors (Lipinski definition) is 4. The number of nitrogens with zero attached hydrogens (tertiary/aromatic N) is 1. The minimum atomic E-state index is 0.477. The second kappa shape index (κ2) is 6.19. The van der Waals surface area contributed by atoms with Gasteiger partial charge in [0.25, 0.3) is 0 Å². The molecule has 20 heavy (non-hydrogen) atoms. The monoisotopic (exact) mass is 272 g/mol. The van der Waals surface area contributed by atoms with Crippen LogP contribution in [0.2, 0.25) is 0 Å². The number of benzene rings is 2. The lowest BCUT2D eigenvalue weighted by atomic mass is 10.2. The summed E-state index contributed by atoms with van der Waals surface area (Å²) in [5.41, 5.74) is 8.71. The first-order chi connectivity index (χ1) is 9.60. The third-order valence-corrected chi connectivity index (χ3v) is 3.07. The third-order valence-electron chi connectivity index (χ3n) is 3.07. The van der Waals surface area contributed by atoms with E-state index in [0.717, 1.165) is 17.0 Å². The molecule has 0 aliphatic rings. The summed E-state index contributed by atoms with van der Waals surface area (Å²) < 4.78 is 10.9. The van der Waals surface area contributed by atoms with Crippen molar-refractivity contribution < 1.29 is 9.47 Å². The van der Waals surface area contributed by atoms with E-state index in [-0.39, 0.29) is 0 Å². The molecule has 0 unspecified atom stereocenters. The number of ether oxygens (including phenoxy) is 2. The summed E-state index contributed by atoms with van der Waals surface area (Å²) in [7, 11) is 5.62. The van der Waals surface area contributed by atoms with Crippen molar-refractivity contribution in [3.05, 3.63) is 48.0 Å². The largest absolute Gasteiger partial charge is 0.497 e. The highest BCUT2D eigenvalue weighted by atomic mass is 16.5. The number of rotatable bonds is 5. The fourth-order valence-electron chi connectivity index (χ4n) is 1.81. The van der Waals surface area contributed by atoms with E-state index in [1.54, 1.807) is 7.11 Å². The standard InChI is InChI=1S/C16H20N2O2/c1-18(2)13-6-9-15(17)16(10-13)20-11-12-4-7-14(19-3)8-5-12/h4-10H,11,17H2,1-3H3. The smallest absolute Gasteiger partial charge is 0.144 e. The SMILES string of the molecule is COc1ccc(COc2cc(N(C)C)ccc2N)cc1. The van der Waals surface area contributed by atoms with Gasteiger partial charge in [-0.1, -0.05) is 12.1 Å². The van der Waals surface area contributed by atoms with Crippen molar-refractivity contribution in [3.63, 3.8) is 0 Å². The Morgan fingerprint density at radius 1 is 1.05 bits per heavy atom. The third kappa shape index (κ3) is 3.35. The second-order valence-corrected chi connectivity index (χ2v) is 4.75. The van der Waals surface area contributed by atoms with Crippen LogP contribution in [0.4, 0.5) is 11.4 Å². The van der Waals surface area contributed by atoms with Crippen molar-refractivity contribution in [1.82, 2.24) is 0 Å². The van der Waals surface area contributed by atoms with Gasteiger partial charge in [0.2, 0.25) is 0 Å². The van der Waals surface area contributed by atoms with Gasteiger partial charge in [-0.3, -0.25) is 0 Å². The Morgan fingerprint density at radius 2 is 1.75 bits per heavy atom. The minimum Gasteiger partial charge on any atom is -0.497 e. The first kappa shape index (κ1) is 14.1. The van der Waals surface area contributed by atoms with Gasteiger partial charge >= 0.3 is 0 Å². The van der Waals surface area contributed by atoms with Crippen molar-refractivity contribution in [2.24, 2.45) is 0 Å². The molecule has 0 aromatic heterocycles. The Morgan fingerprint density at radius 3 is 2.35 bits per heavy atom. The molecule has 2 rings (SSSR count). The van der Waals surface area contributed by atoms with Crippen LogP contribution in [0.5, 0.6) is 11.5 Å². The fourth-order valence-corrected chi connectivity index (χ4v) is 1.81. The molecule has 0 aliphatic heterocycles. The molecule has 2 aromatic rings. The first-order valence-electron chi connectivity index (χ1n) is 6.42. The number of anilines is 2. The van der Waals surface area contributed by atoms with Gasteiger partial charge < -0.3 is 20.1 Å².